The minimum Gasteiger partial charge on any atom is -0.493 e. The van der Waals surface area contributed by atoms with Crippen molar-refractivity contribution in [1.29, 1.82) is 0 Å². The third-order valence-corrected chi connectivity index (χ3v) is 5.45. The molecule has 0 saturated carbocycles. The molecule has 0 atom stereocenters. The highest BCUT2D eigenvalue weighted by Gasteiger charge is 2.37. The van der Waals surface area contributed by atoms with Gasteiger partial charge in [-0.2, -0.15) is 13.2 Å². The molecule has 0 spiro atoms. The summed E-state index contributed by atoms with van der Waals surface area (Å²) < 4.78 is 56.1. The van der Waals surface area contributed by atoms with Crippen LogP contribution in [0.4, 0.5) is 13.2 Å². The number of ether oxygens (including phenoxy) is 2. The molecule has 3 aromatic rings. The largest absolute Gasteiger partial charge is 0.493 e. The molecule has 0 fully saturated rings. The maximum absolute atomic E-state index is 13.1. The van der Waals surface area contributed by atoms with Crippen LogP contribution in [0.2, 0.25) is 0 Å². The fourth-order valence-corrected chi connectivity index (χ4v) is 3.81. The normalized spacial score (nSPS) is 11.2. The van der Waals surface area contributed by atoms with E-state index in [0.717, 1.165) is 17.5 Å². The molecular weight excluding hydrogens is 475 g/mol. The highest BCUT2D eigenvalue weighted by molar-refractivity contribution is 5.85. The molecule has 1 aromatic heterocycles. The lowest BCUT2D eigenvalue weighted by Crippen LogP contribution is -2.07. The summed E-state index contributed by atoms with van der Waals surface area (Å²) in [6.45, 7) is 8.65. The van der Waals surface area contributed by atoms with Crippen LogP contribution in [0.3, 0.4) is 0 Å². The molecule has 3 rings (SSSR count). The fraction of sp³-hybridized carbons (Fsp3) is 0.481. The highest BCUT2D eigenvalue weighted by atomic mass is 19.4. The Morgan fingerprint density at radius 2 is 1.75 bits per heavy atom. The highest BCUT2D eigenvalue weighted by Crippen LogP contribution is 2.38. The average molecular weight is 510 g/mol. The predicted octanol–water partition coefficient (Wildman–Crippen LogP) is 7.25. The first kappa shape index (κ1) is 29.0. The molecule has 0 aliphatic heterocycles. The number of aliphatic carboxylic acids is 1. The van der Waals surface area contributed by atoms with Crippen molar-refractivity contribution in [3.05, 3.63) is 52.7 Å². The Kier molecular flexibility index (Phi) is 11.1. The molecular formula is C27H34F3NO5. The van der Waals surface area contributed by atoms with Crippen molar-refractivity contribution in [3.63, 3.8) is 0 Å². The number of hydrogen-bond donors (Lipinski definition) is 1. The molecule has 1 heterocycles. The van der Waals surface area contributed by atoms with E-state index in [1.807, 2.05) is 45.9 Å². The molecule has 0 aliphatic rings. The lowest BCUT2D eigenvalue weighted by molar-refractivity contribution is -0.141. The summed E-state index contributed by atoms with van der Waals surface area (Å²) in [6, 6.07) is 8.51. The number of aromatic nitrogens is 1. The van der Waals surface area contributed by atoms with E-state index in [2.05, 4.69) is 5.16 Å². The molecule has 0 saturated heterocycles. The molecule has 36 heavy (non-hydrogen) atoms. The van der Waals surface area contributed by atoms with Gasteiger partial charge in [-0.05, 0) is 54.7 Å². The summed E-state index contributed by atoms with van der Waals surface area (Å²) in [5, 5.41) is 12.0. The summed E-state index contributed by atoms with van der Waals surface area (Å²) >= 11 is 0. The van der Waals surface area contributed by atoms with Gasteiger partial charge in [0.25, 0.3) is 0 Å². The number of hydrogen-bond acceptors (Lipinski definition) is 5. The number of fused-ring (bicyclic) bond motifs is 1. The predicted molar refractivity (Wildman–Crippen MR) is 132 cm³/mol. The zero-order chi connectivity index (χ0) is 26.7. The summed E-state index contributed by atoms with van der Waals surface area (Å²) in [5.74, 6) is 0.355. The number of benzene rings is 2. The van der Waals surface area contributed by atoms with Gasteiger partial charge in [0.15, 0.2) is 11.3 Å². The standard InChI is InChI=1S/C25H28F3NO5.C2H6/c1-3-6-19-21(11-10-20-23(19)34-29-24(20)25(26,27)28)33-14-5-13-32-18-9-7-17(8-12-22(30)31)16(4-2)15-18;1-2/h7,9-11,15H,3-6,8,12-14H2,1-2H3,(H,30,31);1-2H3. The molecule has 0 aliphatic carbocycles. The number of alkyl halides is 3. The first-order valence-corrected chi connectivity index (χ1v) is 12.3. The van der Waals surface area contributed by atoms with Gasteiger partial charge < -0.3 is 19.1 Å². The quantitative estimate of drug-likeness (QED) is 0.259. The second-order valence-electron chi connectivity index (χ2n) is 7.93. The van der Waals surface area contributed by atoms with Gasteiger partial charge in [0.05, 0.1) is 18.6 Å². The van der Waals surface area contributed by atoms with Crippen LogP contribution in [0.1, 0.15) is 69.3 Å². The monoisotopic (exact) mass is 509 g/mol. The second kappa shape index (κ2) is 13.8. The zero-order valence-corrected chi connectivity index (χ0v) is 21.2. The number of aryl methyl sites for hydroxylation is 3. The Bertz CT molecular complexity index is 1120. The van der Waals surface area contributed by atoms with Crippen molar-refractivity contribution in [3.8, 4) is 11.5 Å². The van der Waals surface area contributed by atoms with Crippen molar-refractivity contribution < 1.29 is 37.1 Å². The molecule has 198 valence electrons. The van der Waals surface area contributed by atoms with E-state index in [4.69, 9.17) is 19.1 Å². The molecule has 9 heteroatoms. The molecule has 0 bridgehead atoms. The van der Waals surface area contributed by atoms with Gasteiger partial charge in [-0.15, -0.1) is 0 Å². The second-order valence-corrected chi connectivity index (χ2v) is 7.93. The first-order valence-electron chi connectivity index (χ1n) is 12.3. The Hall–Kier alpha value is -3.23. The molecule has 1 N–H and O–H groups in total. The zero-order valence-electron chi connectivity index (χ0n) is 21.2. The van der Waals surface area contributed by atoms with E-state index in [-0.39, 0.29) is 17.4 Å². The SMILES string of the molecule is CC.CCCc1c(OCCCOc2ccc(CCC(=O)O)c(CC)c2)ccc2c(C(F)(F)F)noc12. The number of nitrogens with zero attached hydrogens (tertiary/aromatic N) is 1. The van der Waals surface area contributed by atoms with E-state index < -0.39 is 17.8 Å². The summed E-state index contributed by atoms with van der Waals surface area (Å²) in [4.78, 5) is 10.8. The van der Waals surface area contributed by atoms with Gasteiger partial charge >= 0.3 is 12.1 Å². The average Bonchev–Trinajstić information content (AvgIpc) is 3.30. The van der Waals surface area contributed by atoms with E-state index in [1.165, 1.54) is 12.1 Å². The summed E-state index contributed by atoms with van der Waals surface area (Å²) in [7, 11) is 0. The minimum atomic E-state index is -4.58. The molecule has 2 aromatic carbocycles. The number of rotatable bonds is 12. The molecule has 0 unspecified atom stereocenters. The van der Waals surface area contributed by atoms with Gasteiger partial charge in [-0.3, -0.25) is 4.79 Å². The van der Waals surface area contributed by atoms with E-state index >= 15 is 0 Å². The summed E-state index contributed by atoms with van der Waals surface area (Å²) in [5.41, 5.74) is 1.71. The Morgan fingerprint density at radius 3 is 2.39 bits per heavy atom. The van der Waals surface area contributed by atoms with E-state index in [0.29, 0.717) is 56.0 Å². The van der Waals surface area contributed by atoms with Crippen LogP contribution in [-0.4, -0.2) is 29.4 Å². The molecule has 0 amide bonds. The molecule has 0 radical (unpaired) electrons. The van der Waals surface area contributed by atoms with Crippen LogP contribution in [0.5, 0.6) is 11.5 Å². The van der Waals surface area contributed by atoms with Gasteiger partial charge in [0.1, 0.15) is 11.5 Å². The third kappa shape index (κ3) is 7.63. The van der Waals surface area contributed by atoms with Crippen molar-refractivity contribution in [2.45, 2.75) is 72.4 Å². The van der Waals surface area contributed by atoms with Crippen LogP contribution < -0.4 is 9.47 Å². The number of carbonyl (C=O) groups is 1. The Morgan fingerprint density at radius 1 is 1.03 bits per heavy atom. The van der Waals surface area contributed by atoms with E-state index in [1.54, 1.807) is 0 Å². The van der Waals surface area contributed by atoms with Crippen LogP contribution in [-0.2, 0) is 30.2 Å². The van der Waals surface area contributed by atoms with Gasteiger partial charge in [-0.25, -0.2) is 0 Å². The van der Waals surface area contributed by atoms with Crippen LogP contribution in [0.25, 0.3) is 11.0 Å². The van der Waals surface area contributed by atoms with Gasteiger partial charge in [-0.1, -0.05) is 45.3 Å². The lowest BCUT2D eigenvalue weighted by Gasteiger charge is -2.13. The smallest absolute Gasteiger partial charge is 0.437 e. The summed E-state index contributed by atoms with van der Waals surface area (Å²) in [6.07, 6.45) is -1.46. The van der Waals surface area contributed by atoms with Crippen molar-refractivity contribution in [1.82, 2.24) is 5.16 Å². The Balaban J connectivity index is 0.00000222. The maximum atomic E-state index is 13.1. The van der Waals surface area contributed by atoms with Gasteiger partial charge in [0.2, 0.25) is 0 Å². The van der Waals surface area contributed by atoms with Crippen molar-refractivity contribution in [2.75, 3.05) is 13.2 Å². The first-order chi connectivity index (χ1) is 17.2. The minimum absolute atomic E-state index is 0.0647. The number of halogens is 3. The van der Waals surface area contributed by atoms with Crippen LogP contribution in [0, 0.1) is 0 Å². The number of carboxylic acid groups (broad SMARTS) is 1. The fourth-order valence-electron chi connectivity index (χ4n) is 3.81. The third-order valence-electron chi connectivity index (χ3n) is 5.45. The topological polar surface area (TPSA) is 81.8 Å². The van der Waals surface area contributed by atoms with Gasteiger partial charge in [0, 0.05) is 18.4 Å². The van der Waals surface area contributed by atoms with Crippen LogP contribution >= 0.6 is 0 Å². The molecule has 6 nitrogen and oxygen atoms in total. The maximum Gasteiger partial charge on any atom is 0.437 e. The number of carboxylic acids is 1. The van der Waals surface area contributed by atoms with Crippen LogP contribution in [0.15, 0.2) is 34.9 Å². The Labute approximate surface area is 209 Å². The van der Waals surface area contributed by atoms with Crippen molar-refractivity contribution >= 4 is 16.9 Å². The van der Waals surface area contributed by atoms with Crippen molar-refractivity contribution in [2.24, 2.45) is 0 Å². The van der Waals surface area contributed by atoms with E-state index in [9.17, 15) is 18.0 Å². The lowest BCUT2D eigenvalue weighted by atomic mass is 10.0.